The minimum absolute atomic E-state index is 0.101. The molecule has 4 rings (SSSR count). The number of ether oxygens (including phenoxy) is 1. The van der Waals surface area contributed by atoms with Gasteiger partial charge in [-0.1, -0.05) is 47.6 Å². The number of hydrogen-bond donors (Lipinski definition) is 1. The molecule has 148 valence electrons. The average molecular weight is 411 g/mol. The monoisotopic (exact) mass is 411 g/mol. The van der Waals surface area contributed by atoms with Gasteiger partial charge in [-0.2, -0.15) is 0 Å². The lowest BCUT2D eigenvalue weighted by Crippen LogP contribution is -2.26. The van der Waals surface area contributed by atoms with Crippen molar-refractivity contribution in [3.63, 3.8) is 0 Å². The summed E-state index contributed by atoms with van der Waals surface area (Å²) in [6.45, 7) is 1.43. The summed E-state index contributed by atoms with van der Waals surface area (Å²) in [5.41, 5.74) is 1.96. The van der Waals surface area contributed by atoms with Gasteiger partial charge in [-0.15, -0.1) is 0 Å². The molecule has 0 aliphatic carbocycles. The standard InChI is InChI=1S/C20H17N3O5S/c1-13(21-19-16-9-5-6-10-18(16)29(25,26)23-19)20(24)27-12-15-11-17(22-28-15)14-7-3-2-4-8-14/h2-11,13H,12H2,1H3,(H,21,23). The lowest BCUT2D eigenvalue weighted by molar-refractivity contribution is -0.146. The zero-order chi connectivity index (χ0) is 20.4. The number of aliphatic imine (C=N–C) groups is 1. The maximum absolute atomic E-state index is 12.3. The third-order valence-electron chi connectivity index (χ3n) is 4.31. The fraction of sp³-hybridized carbons (Fsp3) is 0.150. The van der Waals surface area contributed by atoms with E-state index >= 15 is 0 Å². The van der Waals surface area contributed by atoms with E-state index in [0.29, 0.717) is 17.0 Å². The van der Waals surface area contributed by atoms with Crippen molar-refractivity contribution in [1.29, 1.82) is 0 Å². The number of amidine groups is 1. The first-order valence-corrected chi connectivity index (χ1v) is 10.3. The predicted octanol–water partition coefficient (Wildman–Crippen LogP) is 2.51. The van der Waals surface area contributed by atoms with E-state index in [1.807, 2.05) is 30.3 Å². The summed E-state index contributed by atoms with van der Waals surface area (Å²) in [5.74, 6) is -0.0983. The number of nitrogens with one attached hydrogen (secondary N) is 1. The van der Waals surface area contributed by atoms with E-state index in [4.69, 9.17) is 9.26 Å². The molecule has 29 heavy (non-hydrogen) atoms. The van der Waals surface area contributed by atoms with Crippen LogP contribution in [0.4, 0.5) is 0 Å². The lowest BCUT2D eigenvalue weighted by atomic mass is 10.1. The SMILES string of the molecule is CC(N=C1NS(=O)(=O)c2ccccc21)C(=O)OCc1cc(-c2ccccc2)no1. The number of sulfonamides is 1. The number of nitrogens with zero attached hydrogens (tertiary/aromatic N) is 2. The number of hydrogen-bond acceptors (Lipinski definition) is 7. The molecule has 0 radical (unpaired) electrons. The van der Waals surface area contributed by atoms with Gasteiger partial charge in [0.1, 0.15) is 17.6 Å². The quantitative estimate of drug-likeness (QED) is 0.646. The van der Waals surface area contributed by atoms with Crippen LogP contribution >= 0.6 is 0 Å². The van der Waals surface area contributed by atoms with Gasteiger partial charge in [0, 0.05) is 17.2 Å². The van der Waals surface area contributed by atoms with Crippen LogP contribution in [-0.4, -0.2) is 31.4 Å². The smallest absolute Gasteiger partial charge is 0.331 e. The molecule has 1 atom stereocenters. The van der Waals surface area contributed by atoms with Crippen molar-refractivity contribution >= 4 is 21.8 Å². The summed E-state index contributed by atoms with van der Waals surface area (Å²) in [6.07, 6.45) is 0. The first kappa shape index (κ1) is 18.9. The van der Waals surface area contributed by atoms with Crippen molar-refractivity contribution in [2.75, 3.05) is 0 Å². The average Bonchev–Trinajstić information content (AvgIpc) is 3.30. The van der Waals surface area contributed by atoms with Crippen LogP contribution in [0.1, 0.15) is 18.2 Å². The zero-order valence-corrected chi connectivity index (χ0v) is 16.2. The van der Waals surface area contributed by atoms with Gasteiger partial charge in [0.15, 0.2) is 12.4 Å². The first-order valence-electron chi connectivity index (χ1n) is 8.82. The second kappa shape index (κ2) is 7.51. The van der Waals surface area contributed by atoms with Crippen LogP contribution in [0.3, 0.4) is 0 Å². The molecule has 8 nitrogen and oxygen atoms in total. The summed E-state index contributed by atoms with van der Waals surface area (Å²) in [4.78, 5) is 16.6. The molecule has 1 aliphatic rings. The highest BCUT2D eigenvalue weighted by Crippen LogP contribution is 2.23. The molecule has 0 bridgehead atoms. The Balaban J connectivity index is 1.42. The molecule has 9 heteroatoms. The van der Waals surface area contributed by atoms with Crippen molar-refractivity contribution in [3.05, 3.63) is 72.0 Å². The molecule has 1 unspecified atom stereocenters. The van der Waals surface area contributed by atoms with Crippen molar-refractivity contribution < 1.29 is 22.5 Å². The molecular weight excluding hydrogens is 394 g/mol. The van der Waals surface area contributed by atoms with Crippen LogP contribution < -0.4 is 4.72 Å². The fourth-order valence-corrected chi connectivity index (χ4v) is 4.10. The number of benzene rings is 2. The zero-order valence-electron chi connectivity index (χ0n) is 15.4. The van der Waals surface area contributed by atoms with Gasteiger partial charge in [-0.25, -0.2) is 13.2 Å². The Morgan fingerprint density at radius 3 is 2.69 bits per heavy atom. The second-order valence-electron chi connectivity index (χ2n) is 6.41. The van der Waals surface area contributed by atoms with Crippen molar-refractivity contribution in [2.24, 2.45) is 4.99 Å². The Hall–Kier alpha value is -3.46. The third-order valence-corrected chi connectivity index (χ3v) is 5.71. The maximum atomic E-state index is 12.3. The first-order chi connectivity index (χ1) is 13.9. The third kappa shape index (κ3) is 3.90. The molecule has 2 heterocycles. The summed E-state index contributed by atoms with van der Waals surface area (Å²) in [5, 5.41) is 3.96. The number of fused-ring (bicyclic) bond motifs is 1. The minimum atomic E-state index is -3.66. The summed E-state index contributed by atoms with van der Waals surface area (Å²) >= 11 is 0. The van der Waals surface area contributed by atoms with E-state index in [1.165, 1.54) is 13.0 Å². The molecule has 0 saturated heterocycles. The number of esters is 1. The summed E-state index contributed by atoms with van der Waals surface area (Å²) in [7, 11) is -3.66. The molecule has 1 aliphatic heterocycles. The fourth-order valence-electron chi connectivity index (χ4n) is 2.86. The van der Waals surface area contributed by atoms with Crippen LogP contribution in [-0.2, 0) is 26.2 Å². The molecular formula is C20H17N3O5S. The van der Waals surface area contributed by atoms with Crippen LogP contribution in [0.15, 0.2) is 75.1 Å². The van der Waals surface area contributed by atoms with Crippen LogP contribution in [0.2, 0.25) is 0 Å². The molecule has 2 aromatic carbocycles. The Morgan fingerprint density at radius 1 is 1.17 bits per heavy atom. The van der Waals surface area contributed by atoms with Crippen molar-refractivity contribution in [3.8, 4) is 11.3 Å². The Bertz CT molecular complexity index is 1190. The van der Waals surface area contributed by atoms with Crippen molar-refractivity contribution in [1.82, 2.24) is 9.88 Å². The maximum Gasteiger partial charge on any atom is 0.331 e. The highest BCUT2D eigenvalue weighted by molar-refractivity contribution is 7.90. The van der Waals surface area contributed by atoms with Gasteiger partial charge in [-0.3, -0.25) is 9.71 Å². The van der Waals surface area contributed by atoms with E-state index in [9.17, 15) is 13.2 Å². The molecule has 0 fully saturated rings. The molecule has 0 amide bonds. The second-order valence-corrected chi connectivity index (χ2v) is 8.06. The Kier molecular flexibility index (Phi) is 4.89. The number of carbonyl (C=O) groups excluding carboxylic acids is 1. The summed E-state index contributed by atoms with van der Waals surface area (Å²) < 4.78 is 37.0. The number of carbonyl (C=O) groups is 1. The normalized spacial score (nSPS) is 16.8. The Labute approximate surface area is 167 Å². The summed E-state index contributed by atoms with van der Waals surface area (Å²) in [6, 6.07) is 16.7. The van der Waals surface area contributed by atoms with E-state index < -0.39 is 22.0 Å². The van der Waals surface area contributed by atoms with Crippen LogP contribution in [0.25, 0.3) is 11.3 Å². The Morgan fingerprint density at radius 2 is 1.90 bits per heavy atom. The van der Waals surface area contributed by atoms with E-state index in [0.717, 1.165) is 5.56 Å². The van der Waals surface area contributed by atoms with Gasteiger partial charge < -0.3 is 9.26 Å². The van der Waals surface area contributed by atoms with Gasteiger partial charge in [-0.05, 0) is 19.1 Å². The van der Waals surface area contributed by atoms with Crippen LogP contribution in [0, 0.1) is 0 Å². The van der Waals surface area contributed by atoms with Crippen LogP contribution in [0.5, 0.6) is 0 Å². The van der Waals surface area contributed by atoms with Crippen molar-refractivity contribution in [2.45, 2.75) is 24.5 Å². The number of aromatic nitrogens is 1. The topological polar surface area (TPSA) is 111 Å². The highest BCUT2D eigenvalue weighted by Gasteiger charge is 2.31. The highest BCUT2D eigenvalue weighted by atomic mass is 32.2. The minimum Gasteiger partial charge on any atom is -0.456 e. The van der Waals surface area contributed by atoms with E-state index in [1.54, 1.807) is 24.3 Å². The molecule has 1 N–H and O–H groups in total. The molecule has 1 aromatic heterocycles. The number of rotatable bonds is 5. The van der Waals surface area contributed by atoms with E-state index in [2.05, 4.69) is 14.9 Å². The van der Waals surface area contributed by atoms with Gasteiger partial charge >= 0.3 is 5.97 Å². The molecule has 0 saturated carbocycles. The van der Waals surface area contributed by atoms with Gasteiger partial charge in [0.05, 0.1) is 4.90 Å². The molecule has 3 aromatic rings. The predicted molar refractivity (Wildman–Crippen MR) is 104 cm³/mol. The largest absolute Gasteiger partial charge is 0.456 e. The van der Waals surface area contributed by atoms with E-state index in [-0.39, 0.29) is 17.3 Å². The lowest BCUT2D eigenvalue weighted by Gasteiger charge is -2.07. The van der Waals surface area contributed by atoms with Gasteiger partial charge in [0.25, 0.3) is 10.0 Å². The molecule has 0 spiro atoms. The van der Waals surface area contributed by atoms with Gasteiger partial charge in [0.2, 0.25) is 0 Å².